The second-order valence-electron chi connectivity index (χ2n) is 16.8. The van der Waals surface area contributed by atoms with Crippen molar-refractivity contribution in [2.75, 3.05) is 5.73 Å². The lowest BCUT2D eigenvalue weighted by Crippen LogP contribution is -2.28. The van der Waals surface area contributed by atoms with E-state index in [-0.39, 0.29) is 0 Å². The summed E-state index contributed by atoms with van der Waals surface area (Å²) >= 11 is 1.89. The van der Waals surface area contributed by atoms with E-state index >= 15 is 0 Å². The molecule has 2 aliphatic rings. The Balaban J connectivity index is 1.08. The zero-order chi connectivity index (χ0) is 41.4. The minimum Gasteiger partial charge on any atom is -0.398 e. The predicted molar refractivity (Wildman–Crippen MR) is 262 cm³/mol. The van der Waals surface area contributed by atoms with Crippen molar-refractivity contribution < 1.29 is 0 Å². The smallest absolute Gasteiger partial charge is 0.115 e. The molecule has 0 radical (unpaired) electrons. The van der Waals surface area contributed by atoms with Crippen LogP contribution in [-0.4, -0.2) is 10.3 Å². The molecular formula is C58H43N3S. The molecule has 2 heterocycles. The number of hydrogen-bond acceptors (Lipinski definition) is 3. The van der Waals surface area contributed by atoms with E-state index in [9.17, 15) is 0 Å². The Bertz CT molecular complexity index is 3400. The Morgan fingerprint density at radius 1 is 0.613 bits per heavy atom. The van der Waals surface area contributed by atoms with Gasteiger partial charge in [-0.25, -0.2) is 0 Å². The number of nitrogens with zero attached hydrogens (tertiary/aromatic N) is 2. The van der Waals surface area contributed by atoms with Gasteiger partial charge in [-0.05, 0) is 86.0 Å². The van der Waals surface area contributed by atoms with E-state index in [0.717, 1.165) is 34.4 Å². The van der Waals surface area contributed by atoms with Crippen molar-refractivity contribution in [3.8, 4) is 22.3 Å². The summed E-state index contributed by atoms with van der Waals surface area (Å²) in [5, 5.41) is 3.77. The molecule has 3 nitrogen and oxygen atoms in total. The first kappa shape index (κ1) is 36.6. The van der Waals surface area contributed by atoms with Crippen LogP contribution < -0.4 is 5.73 Å². The van der Waals surface area contributed by atoms with Crippen LogP contribution >= 0.6 is 11.3 Å². The molecule has 12 rings (SSSR count). The highest BCUT2D eigenvalue weighted by atomic mass is 32.1. The standard InChI is InChI=1S/C58H43N3S/c1-37-33-48-46-26-16-25-41(38-17-4-2-5-18-38)56(46)62-57(48)49(34-37)55(47-24-10-14-29-52(47)59)60-36-61-53-30-15-11-23-44(53)45-32-31-40(35-54(45)61)58(39-19-6-3-7-20-39)50-27-12-8-21-42(50)43-22-9-13-28-51(43)58/h2-32,34-35,37H,33,36,59H2,1H3. The molecule has 0 amide bonds. The van der Waals surface area contributed by atoms with Crippen molar-refractivity contribution in [3.63, 3.8) is 0 Å². The van der Waals surface area contributed by atoms with E-state index in [0.29, 0.717) is 12.6 Å². The van der Waals surface area contributed by atoms with Crippen LogP contribution in [0.2, 0.25) is 0 Å². The fourth-order valence-electron chi connectivity index (χ4n) is 10.7. The summed E-state index contributed by atoms with van der Waals surface area (Å²) in [5.41, 5.74) is 24.1. The molecule has 0 fully saturated rings. The van der Waals surface area contributed by atoms with E-state index < -0.39 is 5.41 Å². The largest absolute Gasteiger partial charge is 0.398 e. The molecule has 8 aromatic carbocycles. The number of aliphatic imine (C=N–C) groups is 1. The summed E-state index contributed by atoms with van der Waals surface area (Å²) in [4.78, 5) is 7.01. The molecule has 2 aromatic heterocycles. The molecule has 4 heteroatoms. The fraction of sp³-hybridized carbons (Fsp3) is 0.0862. The lowest BCUT2D eigenvalue weighted by atomic mass is 9.67. The van der Waals surface area contributed by atoms with Crippen molar-refractivity contribution in [2.45, 2.75) is 25.4 Å². The Hall–Kier alpha value is -7.27. The molecule has 1 atom stereocenters. The Kier molecular flexibility index (Phi) is 8.51. The molecule has 62 heavy (non-hydrogen) atoms. The number of rotatable bonds is 7. The number of thiophene rings is 1. The van der Waals surface area contributed by atoms with Gasteiger partial charge in [-0.1, -0.05) is 189 Å². The van der Waals surface area contributed by atoms with Gasteiger partial charge in [0.2, 0.25) is 0 Å². The minimum atomic E-state index is -0.504. The van der Waals surface area contributed by atoms with Crippen molar-refractivity contribution in [1.82, 2.24) is 4.57 Å². The lowest BCUT2D eigenvalue weighted by molar-refractivity contribution is 0.721. The van der Waals surface area contributed by atoms with Crippen LogP contribution in [0.3, 0.4) is 0 Å². The monoisotopic (exact) mass is 813 g/mol. The second-order valence-corrected chi connectivity index (χ2v) is 17.9. The van der Waals surface area contributed by atoms with Gasteiger partial charge in [0.25, 0.3) is 0 Å². The Labute approximate surface area is 365 Å². The molecule has 0 saturated carbocycles. The molecule has 2 N–H and O–H groups in total. The predicted octanol–water partition coefficient (Wildman–Crippen LogP) is 14.3. The first-order valence-corrected chi connectivity index (χ1v) is 22.4. The van der Waals surface area contributed by atoms with Gasteiger partial charge >= 0.3 is 0 Å². The Morgan fingerprint density at radius 3 is 2.02 bits per heavy atom. The van der Waals surface area contributed by atoms with Crippen molar-refractivity contribution in [1.29, 1.82) is 0 Å². The number of nitrogen functional groups attached to an aromatic ring is 1. The zero-order valence-corrected chi connectivity index (χ0v) is 35.2. The van der Waals surface area contributed by atoms with Crippen LogP contribution in [-0.2, 0) is 18.5 Å². The maximum absolute atomic E-state index is 6.91. The number of fused-ring (bicyclic) bond motifs is 9. The van der Waals surface area contributed by atoms with Crippen LogP contribution in [0, 0.1) is 5.92 Å². The van der Waals surface area contributed by atoms with Crippen LogP contribution in [0.5, 0.6) is 0 Å². The SMILES string of the molecule is CC1C=C(C(=NCn2c3ccccc3c3ccc(C4(c5ccccc5)c5ccccc5-c5ccccc54)cc32)c2ccccc2N)c2sc3c(-c4ccccc4)cccc3c2C1. The lowest BCUT2D eigenvalue weighted by Gasteiger charge is -2.34. The van der Waals surface area contributed by atoms with Crippen LogP contribution in [0.1, 0.15) is 45.2 Å². The molecule has 2 aliphatic carbocycles. The van der Waals surface area contributed by atoms with Gasteiger partial charge < -0.3 is 10.3 Å². The maximum atomic E-state index is 6.91. The summed E-state index contributed by atoms with van der Waals surface area (Å²) in [6, 6.07) is 70.7. The molecule has 0 saturated heterocycles. The summed E-state index contributed by atoms with van der Waals surface area (Å²) in [5.74, 6) is 0.327. The van der Waals surface area contributed by atoms with Crippen molar-refractivity contribution >= 4 is 60.2 Å². The molecule has 0 spiro atoms. The quantitative estimate of drug-likeness (QED) is 0.126. The highest BCUT2D eigenvalue weighted by molar-refractivity contribution is 7.21. The van der Waals surface area contributed by atoms with Crippen molar-refractivity contribution in [3.05, 3.63) is 238 Å². The number of nitrogens with two attached hydrogens (primary N) is 1. The van der Waals surface area contributed by atoms with Gasteiger partial charge in [0.15, 0.2) is 0 Å². The Morgan fingerprint density at radius 2 is 1.24 bits per heavy atom. The maximum Gasteiger partial charge on any atom is 0.115 e. The van der Waals surface area contributed by atoms with Gasteiger partial charge in [-0.15, -0.1) is 11.3 Å². The van der Waals surface area contributed by atoms with Crippen LogP contribution in [0.25, 0.3) is 59.7 Å². The highest BCUT2D eigenvalue weighted by Gasteiger charge is 2.46. The first-order chi connectivity index (χ1) is 30.6. The number of para-hydroxylation sites is 2. The van der Waals surface area contributed by atoms with Crippen LogP contribution in [0.15, 0.2) is 205 Å². The van der Waals surface area contributed by atoms with Crippen LogP contribution in [0.4, 0.5) is 5.69 Å². The highest BCUT2D eigenvalue weighted by Crippen LogP contribution is 2.56. The van der Waals surface area contributed by atoms with Gasteiger partial charge in [0, 0.05) is 37.2 Å². The third kappa shape index (κ3) is 5.46. The zero-order valence-electron chi connectivity index (χ0n) is 34.4. The first-order valence-electron chi connectivity index (χ1n) is 21.6. The molecule has 1 unspecified atom stereocenters. The number of hydrogen-bond donors (Lipinski definition) is 1. The normalized spacial score (nSPS) is 15.4. The molecular weight excluding hydrogens is 771 g/mol. The van der Waals surface area contributed by atoms with Gasteiger partial charge in [-0.2, -0.15) is 0 Å². The molecule has 0 bridgehead atoms. The number of anilines is 1. The third-order valence-corrected chi connectivity index (χ3v) is 14.6. The summed E-state index contributed by atoms with van der Waals surface area (Å²) in [6.07, 6.45) is 3.42. The average Bonchev–Trinajstić information content (AvgIpc) is 3.96. The van der Waals surface area contributed by atoms with Gasteiger partial charge in [0.05, 0.1) is 22.2 Å². The minimum absolute atomic E-state index is 0.327. The molecule has 296 valence electrons. The van der Waals surface area contributed by atoms with E-state index in [1.165, 1.54) is 81.4 Å². The molecule has 0 aliphatic heterocycles. The average molecular weight is 814 g/mol. The van der Waals surface area contributed by atoms with Gasteiger partial charge in [-0.3, -0.25) is 4.99 Å². The fourth-order valence-corrected chi connectivity index (χ4v) is 12.1. The third-order valence-electron chi connectivity index (χ3n) is 13.3. The number of aromatic nitrogens is 1. The topological polar surface area (TPSA) is 43.3 Å². The van der Waals surface area contributed by atoms with E-state index in [1.54, 1.807) is 0 Å². The molecule has 10 aromatic rings. The number of allylic oxidation sites excluding steroid dienone is 2. The summed E-state index contributed by atoms with van der Waals surface area (Å²) in [7, 11) is 0. The van der Waals surface area contributed by atoms with E-state index in [4.69, 9.17) is 10.7 Å². The number of benzene rings is 8. The summed E-state index contributed by atoms with van der Waals surface area (Å²) < 4.78 is 3.74. The van der Waals surface area contributed by atoms with Gasteiger partial charge in [0.1, 0.15) is 6.67 Å². The second kappa shape index (κ2) is 14.4. The van der Waals surface area contributed by atoms with E-state index in [1.807, 2.05) is 23.5 Å². The summed E-state index contributed by atoms with van der Waals surface area (Å²) in [6.45, 7) is 2.75. The van der Waals surface area contributed by atoms with Crippen molar-refractivity contribution in [2.24, 2.45) is 10.9 Å². The van der Waals surface area contributed by atoms with E-state index in [2.05, 4.69) is 200 Å².